The first-order valence-corrected chi connectivity index (χ1v) is 48.2. The van der Waals surface area contributed by atoms with Crippen molar-refractivity contribution in [1.29, 1.82) is 0 Å². The Labute approximate surface area is 421 Å². The number of halogens is 5. The van der Waals surface area contributed by atoms with E-state index < -0.39 is 11.9 Å². The maximum atomic E-state index is 5.01. The quantitative estimate of drug-likeness (QED) is 0.178. The van der Waals surface area contributed by atoms with Gasteiger partial charge in [0, 0.05) is 46.9 Å². The second-order valence-electron chi connectivity index (χ2n) is 12.3. The third-order valence-electron chi connectivity index (χ3n) is 8.95. The fourth-order valence-corrected chi connectivity index (χ4v) is 6.60. The van der Waals surface area contributed by atoms with E-state index in [1.165, 1.54) is 84.7 Å². The summed E-state index contributed by atoms with van der Waals surface area (Å²) < 4.78 is 0. The third kappa shape index (κ3) is 12.7. The van der Waals surface area contributed by atoms with Gasteiger partial charge in [-0.25, -0.2) is 0 Å². The first-order valence-electron chi connectivity index (χ1n) is 18.1. The second kappa shape index (κ2) is 23.7. The number of nitrogens with one attached hydrogen (secondary N) is 1. The minimum Gasteiger partial charge on any atom is -0.653 e. The first-order chi connectivity index (χ1) is 28.8. The molecule has 0 saturated heterocycles. The Morgan fingerprint density at radius 1 is 0.424 bits per heavy atom. The summed E-state index contributed by atoms with van der Waals surface area (Å²) in [5, 5.41) is 9.39. The summed E-state index contributed by atoms with van der Waals surface area (Å²) in [6, 6.07) is 49.4. The summed E-state index contributed by atoms with van der Waals surface area (Å²) in [6.45, 7) is 0. The van der Waals surface area contributed by atoms with Gasteiger partial charge in [0.25, 0.3) is 0 Å². The zero-order chi connectivity index (χ0) is 41.8. The zero-order valence-corrected chi connectivity index (χ0v) is 46.0. The van der Waals surface area contributed by atoms with Crippen LogP contribution in [-0.2, 0) is 30.7 Å². The van der Waals surface area contributed by atoms with Gasteiger partial charge in [0.15, 0.2) is 0 Å². The molecule has 0 spiro atoms. The molecule has 0 aliphatic rings. The molecule has 0 bridgehead atoms. The molecule has 0 aliphatic heterocycles. The maximum Gasteiger partial charge on any atom is 0.0870 e. The van der Waals surface area contributed by atoms with Crippen LogP contribution in [0.25, 0.3) is 88.6 Å². The molecule has 0 atom stereocenters. The van der Waals surface area contributed by atoms with Crippen molar-refractivity contribution < 1.29 is 30.7 Å². The second-order valence-corrected chi connectivity index (χ2v) is 32.0. The van der Waals surface area contributed by atoms with Crippen LogP contribution in [0.5, 0.6) is 0 Å². The molecule has 6 nitrogen and oxygen atoms in total. The largest absolute Gasteiger partial charge is 0.653 e. The summed E-state index contributed by atoms with van der Waals surface area (Å²) in [5.74, 6) is 0. The van der Waals surface area contributed by atoms with E-state index in [-0.39, 0.29) is 0 Å². The van der Waals surface area contributed by atoms with E-state index in [4.69, 9.17) is 42.7 Å². The van der Waals surface area contributed by atoms with Crippen molar-refractivity contribution in [1.82, 2.24) is 29.9 Å². The SMILES string of the molecule is [Cl][Pt+].[Cl][Pt]([Cl])([Cl])[Cl].[K][K].c1ccc(-c2[n-]c(-c3ccccn3)c3cc4ccccc4cc23)nc1.c1ccc(-c2[nH]c(-c3ccccn3)c3cc4ccccc4cc23)nc1. The Bertz CT molecular complexity index is 2500. The molecule has 4 aromatic carbocycles. The zero-order valence-electron chi connectivity index (χ0n) is 31.4. The van der Waals surface area contributed by atoms with Crippen LogP contribution >= 0.6 is 47.1 Å². The van der Waals surface area contributed by atoms with Gasteiger partial charge in [-0.15, -0.1) is 11.4 Å². The van der Waals surface area contributed by atoms with Crippen LogP contribution in [0.4, 0.5) is 0 Å². The fraction of sp³-hybridized carbons (Fsp3) is 0. The van der Waals surface area contributed by atoms with Crippen LogP contribution in [0.3, 0.4) is 0 Å². The van der Waals surface area contributed by atoms with E-state index in [1.54, 1.807) is 31.2 Å². The van der Waals surface area contributed by atoms with Crippen LogP contribution in [0.2, 0.25) is 0 Å². The van der Waals surface area contributed by atoms with E-state index in [9.17, 15) is 0 Å². The molecule has 1 N–H and O–H groups in total. The standard InChI is InChI=1S/C22H15N3.C22H14N3.5ClH.2K.2Pt/c2*1-2-8-16-14-18-17(13-15(16)7-1)21(19-9-3-5-11-23-19)25-22(18)20-10-4-6-12-24-20;;;;;;;;;/h1-14,25H;1-14H;5*1H;;;;/q;-1;;;;;;;;+2;+4/p-5. The van der Waals surface area contributed by atoms with Gasteiger partial charge in [0.2, 0.25) is 0 Å². The molecule has 6 aromatic heterocycles. The topological polar surface area (TPSA) is 81.5 Å². The number of rotatable bonds is 4. The van der Waals surface area contributed by atoms with Gasteiger partial charge in [0.05, 0.1) is 22.8 Å². The number of aromatic amines is 1. The van der Waals surface area contributed by atoms with Crippen molar-refractivity contribution in [3.05, 3.63) is 170 Å². The van der Waals surface area contributed by atoms with E-state index in [1.807, 2.05) is 85.2 Å². The number of fused-ring (bicyclic) bond motifs is 4. The van der Waals surface area contributed by atoms with Crippen molar-refractivity contribution >= 4 is 153 Å². The normalized spacial score (nSPS) is 11.0. The van der Waals surface area contributed by atoms with E-state index in [2.05, 4.69) is 107 Å². The van der Waals surface area contributed by atoms with Crippen LogP contribution in [-0.4, -0.2) is 88.1 Å². The molecule has 0 aliphatic carbocycles. The summed E-state index contributed by atoms with van der Waals surface area (Å²) in [7, 11) is 24.6. The monoisotopic (exact) mass is 1280 g/mol. The smallest absolute Gasteiger partial charge is 0.0870 e. The molecule has 0 fully saturated rings. The Balaban J connectivity index is 0.000000166. The van der Waals surface area contributed by atoms with Crippen molar-refractivity contribution in [2.75, 3.05) is 0 Å². The van der Waals surface area contributed by atoms with Gasteiger partial charge in [-0.05, 0) is 105 Å². The molecule has 6 heterocycles. The predicted molar refractivity (Wildman–Crippen MR) is 244 cm³/mol. The van der Waals surface area contributed by atoms with Crippen LogP contribution in [0.1, 0.15) is 0 Å². The molecule has 0 unspecified atom stereocenters. The van der Waals surface area contributed by atoms with Crippen molar-refractivity contribution in [3.8, 4) is 45.6 Å². The molecule has 59 heavy (non-hydrogen) atoms. The molecule has 0 saturated carbocycles. The summed E-state index contributed by atoms with van der Waals surface area (Å²) in [6.07, 6.45) is 7.25. The van der Waals surface area contributed by atoms with E-state index in [0.29, 0.717) is 0 Å². The summed E-state index contributed by atoms with van der Waals surface area (Å²) >= 11 is 1.06. The number of benzene rings is 4. The summed E-state index contributed by atoms with van der Waals surface area (Å²) in [4.78, 5) is 26.6. The molecular formula is C44H29Cl5K2N6Pt2. The van der Waals surface area contributed by atoms with Gasteiger partial charge in [-0.3, -0.25) is 19.9 Å². The molecule has 292 valence electrons. The molecule has 0 amide bonds. The van der Waals surface area contributed by atoms with Gasteiger partial charge in [-0.1, -0.05) is 72.8 Å². The molecule has 10 rings (SSSR count). The summed E-state index contributed by atoms with van der Waals surface area (Å²) in [5.41, 5.74) is 7.50. The molecule has 10 aromatic rings. The minimum absolute atomic E-state index is 0.880. The average Bonchev–Trinajstić information content (AvgIpc) is 3.85. The van der Waals surface area contributed by atoms with Gasteiger partial charge in [0.1, 0.15) is 0 Å². The van der Waals surface area contributed by atoms with Crippen LogP contribution in [0.15, 0.2) is 170 Å². The number of pyridine rings is 4. The van der Waals surface area contributed by atoms with Crippen LogP contribution in [0, 0.1) is 0 Å². The maximum absolute atomic E-state index is 5.01. The van der Waals surface area contributed by atoms with Crippen LogP contribution < -0.4 is 4.98 Å². The third-order valence-corrected chi connectivity index (χ3v) is 8.95. The molecule has 15 heteroatoms. The fourth-order valence-electron chi connectivity index (χ4n) is 6.60. The van der Waals surface area contributed by atoms with Gasteiger partial charge < -0.3 is 9.97 Å². The Morgan fingerprint density at radius 2 is 0.695 bits per heavy atom. The van der Waals surface area contributed by atoms with Gasteiger partial charge >= 0.3 is 141 Å². The number of aromatic nitrogens is 6. The predicted octanol–water partition coefficient (Wildman–Crippen LogP) is 13.2. The molecule has 0 radical (unpaired) electrons. The Kier molecular flexibility index (Phi) is 19.2. The van der Waals surface area contributed by atoms with E-state index >= 15 is 0 Å². The van der Waals surface area contributed by atoms with Crippen molar-refractivity contribution in [2.24, 2.45) is 0 Å². The van der Waals surface area contributed by atoms with Crippen molar-refractivity contribution in [2.45, 2.75) is 0 Å². The Hall–Kier alpha value is -0.821. The number of H-pyrrole nitrogens is 1. The average molecular weight is 1290 g/mol. The number of hydrogen-bond acceptors (Lipinski definition) is 4. The van der Waals surface area contributed by atoms with E-state index in [0.717, 1.165) is 67.1 Å². The van der Waals surface area contributed by atoms with Crippen molar-refractivity contribution in [3.63, 3.8) is 0 Å². The first kappa shape index (κ1) is 47.7. The number of nitrogens with zero attached hydrogens (tertiary/aromatic N) is 5. The molecular weight excluding hydrogens is 1260 g/mol. The number of hydrogen-bond donors (Lipinski definition) is 1. The van der Waals surface area contributed by atoms with Gasteiger partial charge in [-0.2, -0.15) is 0 Å². The minimum atomic E-state index is -3.06. The Morgan fingerprint density at radius 3 is 0.983 bits per heavy atom.